The summed E-state index contributed by atoms with van der Waals surface area (Å²) < 4.78 is 16.8. The molecule has 0 aromatic heterocycles. The molecule has 0 atom stereocenters. The lowest BCUT2D eigenvalue weighted by molar-refractivity contribution is 0.285. The van der Waals surface area contributed by atoms with Gasteiger partial charge >= 0.3 is 0 Å². The molecule has 4 nitrogen and oxygen atoms in total. The van der Waals surface area contributed by atoms with Crippen LogP contribution in [0.4, 0.5) is 5.69 Å². The standard InChI is InChI=1S/C17H21NO3/c1-3-19-15-6-8-16(9-7-15)21-12-13-11-14(18)5-10-17(13)20-4-2/h5-11H,3-4,12,18H2,1-2H3. The number of benzene rings is 2. The summed E-state index contributed by atoms with van der Waals surface area (Å²) in [5, 5.41) is 0. The third-order valence-electron chi connectivity index (χ3n) is 2.91. The first-order chi connectivity index (χ1) is 10.2. The molecule has 0 heterocycles. The van der Waals surface area contributed by atoms with Crippen molar-refractivity contribution in [3.05, 3.63) is 48.0 Å². The summed E-state index contributed by atoms with van der Waals surface area (Å²) in [6.45, 7) is 5.59. The highest BCUT2D eigenvalue weighted by Gasteiger charge is 2.05. The van der Waals surface area contributed by atoms with E-state index in [4.69, 9.17) is 19.9 Å². The molecule has 2 aromatic carbocycles. The molecule has 0 bridgehead atoms. The summed E-state index contributed by atoms with van der Waals surface area (Å²) >= 11 is 0. The fourth-order valence-corrected chi connectivity index (χ4v) is 1.97. The maximum atomic E-state index is 5.82. The summed E-state index contributed by atoms with van der Waals surface area (Å²) in [5.74, 6) is 2.42. The zero-order valence-corrected chi connectivity index (χ0v) is 12.5. The molecule has 0 fully saturated rings. The van der Waals surface area contributed by atoms with Gasteiger partial charge in [0.15, 0.2) is 0 Å². The Morgan fingerprint density at radius 3 is 2.05 bits per heavy atom. The lowest BCUT2D eigenvalue weighted by atomic mass is 10.2. The molecule has 0 unspecified atom stereocenters. The third-order valence-corrected chi connectivity index (χ3v) is 2.91. The minimum Gasteiger partial charge on any atom is -0.494 e. The fraction of sp³-hybridized carbons (Fsp3) is 0.294. The van der Waals surface area contributed by atoms with E-state index in [-0.39, 0.29) is 0 Å². The third kappa shape index (κ3) is 4.31. The molecule has 112 valence electrons. The Labute approximate surface area is 125 Å². The van der Waals surface area contributed by atoms with Crippen molar-refractivity contribution >= 4 is 5.69 Å². The lowest BCUT2D eigenvalue weighted by Gasteiger charge is -2.12. The predicted octanol–water partition coefficient (Wildman–Crippen LogP) is 3.65. The van der Waals surface area contributed by atoms with Gasteiger partial charge in [-0.2, -0.15) is 0 Å². The van der Waals surface area contributed by atoms with Gasteiger partial charge in [0.25, 0.3) is 0 Å². The molecule has 2 rings (SSSR count). The van der Waals surface area contributed by atoms with Gasteiger partial charge in [-0.1, -0.05) is 0 Å². The van der Waals surface area contributed by atoms with E-state index < -0.39 is 0 Å². The first-order valence-corrected chi connectivity index (χ1v) is 7.09. The summed E-state index contributed by atoms with van der Waals surface area (Å²) in [6, 6.07) is 13.1. The van der Waals surface area contributed by atoms with Gasteiger partial charge in [0.05, 0.1) is 13.2 Å². The van der Waals surface area contributed by atoms with Gasteiger partial charge in [-0.15, -0.1) is 0 Å². The quantitative estimate of drug-likeness (QED) is 0.790. The van der Waals surface area contributed by atoms with E-state index in [1.807, 2.05) is 56.3 Å². The molecular formula is C17H21NO3. The normalized spacial score (nSPS) is 10.2. The number of nitrogens with two attached hydrogens (primary N) is 1. The van der Waals surface area contributed by atoms with E-state index in [9.17, 15) is 0 Å². The van der Waals surface area contributed by atoms with Crippen molar-refractivity contribution in [2.45, 2.75) is 20.5 Å². The largest absolute Gasteiger partial charge is 0.494 e. The van der Waals surface area contributed by atoms with Crippen molar-refractivity contribution < 1.29 is 14.2 Å². The minimum absolute atomic E-state index is 0.411. The summed E-state index contributed by atoms with van der Waals surface area (Å²) in [7, 11) is 0. The van der Waals surface area contributed by atoms with Crippen LogP contribution in [0.5, 0.6) is 17.2 Å². The second-order valence-corrected chi connectivity index (χ2v) is 4.49. The fourth-order valence-electron chi connectivity index (χ4n) is 1.97. The summed E-state index contributed by atoms with van der Waals surface area (Å²) in [4.78, 5) is 0. The highest BCUT2D eigenvalue weighted by molar-refractivity contribution is 5.47. The molecular weight excluding hydrogens is 266 g/mol. The molecule has 2 aromatic rings. The number of rotatable bonds is 7. The van der Waals surface area contributed by atoms with E-state index in [2.05, 4.69) is 0 Å². The van der Waals surface area contributed by atoms with Crippen molar-refractivity contribution in [1.29, 1.82) is 0 Å². The minimum atomic E-state index is 0.411. The highest BCUT2D eigenvalue weighted by atomic mass is 16.5. The molecule has 0 saturated heterocycles. The van der Waals surface area contributed by atoms with Crippen molar-refractivity contribution in [2.24, 2.45) is 0 Å². The van der Waals surface area contributed by atoms with Crippen LogP contribution in [-0.2, 0) is 6.61 Å². The number of anilines is 1. The van der Waals surface area contributed by atoms with Gasteiger partial charge in [-0.05, 0) is 56.3 Å². The van der Waals surface area contributed by atoms with Crippen LogP contribution in [-0.4, -0.2) is 13.2 Å². The van der Waals surface area contributed by atoms with Crippen LogP contribution < -0.4 is 19.9 Å². The van der Waals surface area contributed by atoms with Crippen molar-refractivity contribution in [3.8, 4) is 17.2 Å². The SMILES string of the molecule is CCOc1ccc(OCc2cc(N)ccc2OCC)cc1. The van der Waals surface area contributed by atoms with Crippen LogP contribution in [0.25, 0.3) is 0 Å². The zero-order valence-electron chi connectivity index (χ0n) is 12.5. The predicted molar refractivity (Wildman–Crippen MR) is 84.0 cm³/mol. The molecule has 0 saturated carbocycles. The second kappa shape index (κ2) is 7.43. The molecule has 21 heavy (non-hydrogen) atoms. The van der Waals surface area contributed by atoms with Crippen LogP contribution in [0.2, 0.25) is 0 Å². The Kier molecular flexibility index (Phi) is 5.32. The monoisotopic (exact) mass is 287 g/mol. The van der Waals surface area contributed by atoms with Gasteiger partial charge in [-0.25, -0.2) is 0 Å². The van der Waals surface area contributed by atoms with Crippen LogP contribution in [0.15, 0.2) is 42.5 Å². The van der Waals surface area contributed by atoms with E-state index >= 15 is 0 Å². The van der Waals surface area contributed by atoms with Crippen LogP contribution in [0, 0.1) is 0 Å². The second-order valence-electron chi connectivity index (χ2n) is 4.49. The van der Waals surface area contributed by atoms with E-state index in [0.29, 0.717) is 25.5 Å². The maximum absolute atomic E-state index is 5.82. The van der Waals surface area contributed by atoms with E-state index in [0.717, 1.165) is 22.8 Å². The maximum Gasteiger partial charge on any atom is 0.126 e. The number of ether oxygens (including phenoxy) is 3. The number of hydrogen-bond donors (Lipinski definition) is 1. The molecule has 0 aliphatic heterocycles. The molecule has 0 aliphatic carbocycles. The average Bonchev–Trinajstić information content (AvgIpc) is 2.49. The number of hydrogen-bond acceptors (Lipinski definition) is 4. The van der Waals surface area contributed by atoms with E-state index in [1.54, 1.807) is 0 Å². The number of nitrogen functional groups attached to an aromatic ring is 1. The lowest BCUT2D eigenvalue weighted by Crippen LogP contribution is -2.02. The zero-order chi connectivity index (χ0) is 15.1. The van der Waals surface area contributed by atoms with Gasteiger partial charge in [-0.3, -0.25) is 0 Å². The van der Waals surface area contributed by atoms with Gasteiger partial charge in [0.1, 0.15) is 23.9 Å². The van der Waals surface area contributed by atoms with Crippen LogP contribution >= 0.6 is 0 Å². The first-order valence-electron chi connectivity index (χ1n) is 7.09. The molecule has 0 aliphatic rings. The van der Waals surface area contributed by atoms with Gasteiger partial charge in [0.2, 0.25) is 0 Å². The van der Waals surface area contributed by atoms with Gasteiger partial charge in [0, 0.05) is 11.3 Å². The average molecular weight is 287 g/mol. The van der Waals surface area contributed by atoms with Crippen molar-refractivity contribution in [3.63, 3.8) is 0 Å². The Hall–Kier alpha value is -2.36. The first kappa shape index (κ1) is 15.0. The Morgan fingerprint density at radius 1 is 0.810 bits per heavy atom. The molecule has 4 heteroatoms. The topological polar surface area (TPSA) is 53.7 Å². The van der Waals surface area contributed by atoms with Crippen molar-refractivity contribution in [1.82, 2.24) is 0 Å². The summed E-state index contributed by atoms with van der Waals surface area (Å²) in [5.41, 5.74) is 7.45. The molecule has 0 spiro atoms. The van der Waals surface area contributed by atoms with Crippen molar-refractivity contribution in [2.75, 3.05) is 18.9 Å². The van der Waals surface area contributed by atoms with Crippen LogP contribution in [0.1, 0.15) is 19.4 Å². The Morgan fingerprint density at radius 2 is 1.43 bits per heavy atom. The highest BCUT2D eigenvalue weighted by Crippen LogP contribution is 2.24. The molecule has 2 N–H and O–H groups in total. The smallest absolute Gasteiger partial charge is 0.126 e. The molecule has 0 amide bonds. The molecule has 0 radical (unpaired) electrons. The Bertz CT molecular complexity index is 567. The van der Waals surface area contributed by atoms with E-state index in [1.165, 1.54) is 0 Å². The summed E-state index contributed by atoms with van der Waals surface area (Å²) in [6.07, 6.45) is 0. The Balaban J connectivity index is 2.03. The van der Waals surface area contributed by atoms with Gasteiger partial charge < -0.3 is 19.9 Å². The van der Waals surface area contributed by atoms with Crippen LogP contribution in [0.3, 0.4) is 0 Å².